The molecule has 138 valence electrons. The van der Waals surface area contributed by atoms with Gasteiger partial charge in [0.1, 0.15) is 11.6 Å². The van der Waals surface area contributed by atoms with Crippen LogP contribution in [0.15, 0.2) is 36.4 Å². The fraction of sp³-hybridized carbons (Fsp3) is 0.263. The van der Waals surface area contributed by atoms with Gasteiger partial charge in [0.2, 0.25) is 0 Å². The van der Waals surface area contributed by atoms with E-state index in [9.17, 15) is 14.0 Å². The van der Waals surface area contributed by atoms with Crippen molar-refractivity contribution in [1.29, 1.82) is 0 Å². The fourth-order valence-corrected chi connectivity index (χ4v) is 2.67. The zero-order valence-electron chi connectivity index (χ0n) is 14.6. The van der Waals surface area contributed by atoms with Crippen LogP contribution in [0.2, 0.25) is 5.02 Å². The highest BCUT2D eigenvalue weighted by Gasteiger charge is 2.19. The molecule has 0 saturated carbocycles. The largest absolute Gasteiger partial charge is 0.481 e. The van der Waals surface area contributed by atoms with Gasteiger partial charge in [-0.15, -0.1) is 0 Å². The fourth-order valence-electron chi connectivity index (χ4n) is 2.34. The highest BCUT2D eigenvalue weighted by atomic mass is 35.5. The lowest BCUT2D eigenvalue weighted by Gasteiger charge is -2.15. The Morgan fingerprint density at radius 2 is 1.81 bits per heavy atom. The van der Waals surface area contributed by atoms with Gasteiger partial charge in [0.15, 0.2) is 12.7 Å². The smallest absolute Gasteiger partial charge is 0.344 e. The normalized spacial score (nSPS) is 11.6. The maximum atomic E-state index is 13.5. The van der Waals surface area contributed by atoms with Gasteiger partial charge in [0, 0.05) is 5.02 Å². The average molecular weight is 380 g/mol. The molecule has 0 aromatic heterocycles. The lowest BCUT2D eigenvalue weighted by molar-refractivity contribution is -0.155. The van der Waals surface area contributed by atoms with Crippen LogP contribution in [0.4, 0.5) is 10.1 Å². The quantitative estimate of drug-likeness (QED) is 0.769. The Balaban J connectivity index is 1.89. The molecule has 7 heteroatoms. The molecular weight excluding hydrogens is 361 g/mol. The van der Waals surface area contributed by atoms with Gasteiger partial charge in [-0.25, -0.2) is 9.18 Å². The summed E-state index contributed by atoms with van der Waals surface area (Å²) in [4.78, 5) is 23.9. The van der Waals surface area contributed by atoms with Crippen molar-refractivity contribution in [2.24, 2.45) is 0 Å². The van der Waals surface area contributed by atoms with Crippen molar-refractivity contribution < 1.29 is 23.5 Å². The highest BCUT2D eigenvalue weighted by Crippen LogP contribution is 2.27. The van der Waals surface area contributed by atoms with Gasteiger partial charge >= 0.3 is 5.97 Å². The molecular formula is C19H19ClFNO4. The monoisotopic (exact) mass is 379 g/mol. The van der Waals surface area contributed by atoms with E-state index in [-0.39, 0.29) is 12.3 Å². The number of carbonyl (C=O) groups excluding carboxylic acids is 2. The predicted molar refractivity (Wildman–Crippen MR) is 97.0 cm³/mol. The van der Waals surface area contributed by atoms with Crippen LogP contribution in [0.5, 0.6) is 5.75 Å². The lowest BCUT2D eigenvalue weighted by atomic mass is 10.1. The number of rotatable bonds is 6. The van der Waals surface area contributed by atoms with Crippen LogP contribution in [-0.2, 0) is 14.3 Å². The second kappa shape index (κ2) is 8.67. The van der Waals surface area contributed by atoms with Gasteiger partial charge in [-0.1, -0.05) is 23.7 Å². The molecule has 2 rings (SSSR count). The minimum Gasteiger partial charge on any atom is -0.481 e. The number of anilines is 1. The lowest BCUT2D eigenvalue weighted by Crippen LogP contribution is -2.32. The third kappa shape index (κ3) is 5.20. The van der Waals surface area contributed by atoms with E-state index >= 15 is 0 Å². The maximum Gasteiger partial charge on any atom is 0.344 e. The molecule has 0 aliphatic carbocycles. The molecule has 2 aromatic rings. The van der Waals surface area contributed by atoms with Gasteiger partial charge in [0.25, 0.3) is 5.91 Å². The van der Waals surface area contributed by atoms with Gasteiger partial charge in [0.05, 0.1) is 5.69 Å². The zero-order valence-corrected chi connectivity index (χ0v) is 15.4. The van der Waals surface area contributed by atoms with Crippen molar-refractivity contribution in [1.82, 2.24) is 0 Å². The topological polar surface area (TPSA) is 64.6 Å². The van der Waals surface area contributed by atoms with Crippen LogP contribution in [-0.4, -0.2) is 24.6 Å². The van der Waals surface area contributed by atoms with Gasteiger partial charge in [-0.3, -0.25) is 4.79 Å². The Labute approximate surface area is 156 Å². The minimum atomic E-state index is -1.10. The van der Waals surface area contributed by atoms with E-state index in [1.807, 2.05) is 13.8 Å². The molecule has 0 unspecified atom stereocenters. The molecule has 5 nitrogen and oxygen atoms in total. The Morgan fingerprint density at radius 3 is 2.42 bits per heavy atom. The summed E-state index contributed by atoms with van der Waals surface area (Å²) in [5.74, 6) is -1.39. The van der Waals surface area contributed by atoms with Gasteiger partial charge in [-0.2, -0.15) is 0 Å². The maximum absolute atomic E-state index is 13.5. The molecule has 0 fully saturated rings. The molecule has 1 atom stereocenters. The van der Waals surface area contributed by atoms with Crippen molar-refractivity contribution in [2.75, 3.05) is 11.9 Å². The van der Waals surface area contributed by atoms with Crippen LogP contribution in [0, 0.1) is 19.7 Å². The summed E-state index contributed by atoms with van der Waals surface area (Å²) >= 11 is 5.95. The summed E-state index contributed by atoms with van der Waals surface area (Å²) in [5, 5.41) is 2.94. The first-order chi connectivity index (χ1) is 12.3. The number of hydrogen-bond acceptors (Lipinski definition) is 4. The number of halogens is 2. The van der Waals surface area contributed by atoms with Gasteiger partial charge in [-0.05, 0) is 56.2 Å². The second-order valence-electron chi connectivity index (χ2n) is 5.76. The summed E-state index contributed by atoms with van der Waals surface area (Å²) in [6.45, 7) is 4.65. The highest BCUT2D eigenvalue weighted by molar-refractivity contribution is 6.30. The SMILES string of the molecule is Cc1cc(Cl)cc(C)c1OCC(=O)O[C@H](C)C(=O)Nc1ccccc1F. The molecule has 1 amide bonds. The van der Waals surface area contributed by atoms with Crippen LogP contribution >= 0.6 is 11.6 Å². The number of ether oxygens (including phenoxy) is 2. The average Bonchev–Trinajstić information content (AvgIpc) is 2.55. The second-order valence-corrected chi connectivity index (χ2v) is 6.20. The number of amides is 1. The number of hydrogen-bond donors (Lipinski definition) is 1. The van der Waals surface area contributed by atoms with E-state index in [0.29, 0.717) is 10.8 Å². The summed E-state index contributed by atoms with van der Waals surface area (Å²) < 4.78 is 24.0. The third-order valence-corrected chi connectivity index (χ3v) is 3.79. The molecule has 0 aliphatic rings. The van der Waals surface area contributed by atoms with E-state index in [4.69, 9.17) is 21.1 Å². The van der Waals surface area contributed by atoms with Crippen LogP contribution < -0.4 is 10.1 Å². The van der Waals surface area contributed by atoms with E-state index in [1.165, 1.54) is 25.1 Å². The van der Waals surface area contributed by atoms with Crippen molar-refractivity contribution in [2.45, 2.75) is 26.9 Å². The summed E-state index contributed by atoms with van der Waals surface area (Å²) in [6, 6.07) is 9.17. The number of esters is 1. The van der Waals surface area contributed by atoms with E-state index in [1.54, 1.807) is 18.2 Å². The molecule has 0 heterocycles. The van der Waals surface area contributed by atoms with Crippen LogP contribution in [0.1, 0.15) is 18.1 Å². The van der Waals surface area contributed by atoms with E-state index < -0.39 is 23.8 Å². The first kappa shape index (κ1) is 19.7. The molecule has 26 heavy (non-hydrogen) atoms. The van der Waals surface area contributed by atoms with Crippen LogP contribution in [0.25, 0.3) is 0 Å². The molecule has 1 N–H and O–H groups in total. The summed E-state index contributed by atoms with van der Waals surface area (Å²) in [5.41, 5.74) is 1.59. The molecule has 0 spiro atoms. The summed E-state index contributed by atoms with van der Waals surface area (Å²) in [6.07, 6.45) is -1.10. The van der Waals surface area contributed by atoms with E-state index in [0.717, 1.165) is 11.1 Å². The minimum absolute atomic E-state index is 0.0177. The van der Waals surface area contributed by atoms with Crippen molar-refractivity contribution in [3.63, 3.8) is 0 Å². The van der Waals surface area contributed by atoms with E-state index in [2.05, 4.69) is 5.32 Å². The number of carbonyl (C=O) groups is 2. The number of aryl methyl sites for hydroxylation is 2. The Hall–Kier alpha value is -2.60. The Bertz CT molecular complexity index is 802. The number of benzene rings is 2. The summed E-state index contributed by atoms with van der Waals surface area (Å²) in [7, 11) is 0. The first-order valence-electron chi connectivity index (χ1n) is 7.92. The van der Waals surface area contributed by atoms with Crippen LogP contribution in [0.3, 0.4) is 0 Å². The molecule has 0 saturated heterocycles. The first-order valence-corrected chi connectivity index (χ1v) is 8.30. The standard InChI is InChI=1S/C19H19ClFNO4/c1-11-8-14(20)9-12(2)18(11)25-10-17(23)26-13(3)19(24)22-16-7-5-4-6-15(16)21/h4-9,13H,10H2,1-3H3,(H,22,24)/t13-/m1/s1. The third-order valence-electron chi connectivity index (χ3n) is 3.57. The molecule has 0 radical (unpaired) electrons. The molecule has 2 aromatic carbocycles. The van der Waals surface area contributed by atoms with Crippen molar-refractivity contribution in [3.05, 3.63) is 58.4 Å². The Kier molecular flexibility index (Phi) is 6.58. The molecule has 0 aliphatic heterocycles. The zero-order chi connectivity index (χ0) is 19.3. The van der Waals surface area contributed by atoms with Gasteiger partial charge < -0.3 is 14.8 Å². The molecule has 0 bridgehead atoms. The predicted octanol–water partition coefficient (Wildman–Crippen LogP) is 4.05. The number of para-hydroxylation sites is 1. The number of nitrogens with one attached hydrogen (secondary N) is 1. The van der Waals surface area contributed by atoms with Crippen molar-refractivity contribution in [3.8, 4) is 5.75 Å². The Morgan fingerprint density at radius 1 is 1.19 bits per heavy atom. The van der Waals surface area contributed by atoms with Crippen molar-refractivity contribution >= 4 is 29.2 Å².